The molecule has 0 unspecified atom stereocenters. The van der Waals surface area contributed by atoms with E-state index >= 15 is 0 Å². The van der Waals surface area contributed by atoms with E-state index in [0.29, 0.717) is 13.0 Å². The average Bonchev–Trinajstić information content (AvgIpc) is 2.47. The topological polar surface area (TPSA) is 57.2 Å². The van der Waals surface area contributed by atoms with E-state index in [1.54, 1.807) is 0 Å². The molecule has 2 aliphatic rings. The molecule has 0 bridgehead atoms. The summed E-state index contributed by atoms with van der Waals surface area (Å²) in [5.41, 5.74) is 0.976. The Labute approximate surface area is 112 Å². The molecule has 2 aliphatic heterocycles. The molecule has 2 heterocycles. The van der Waals surface area contributed by atoms with Gasteiger partial charge in [0.2, 0.25) is 0 Å². The number of fused-ring (bicyclic) bond motifs is 1. The third-order valence-electron chi connectivity index (χ3n) is 3.53. The van der Waals surface area contributed by atoms with Crippen molar-refractivity contribution in [1.82, 2.24) is 0 Å². The zero-order valence-corrected chi connectivity index (χ0v) is 10.8. The highest BCUT2D eigenvalue weighted by Crippen LogP contribution is 2.33. The van der Waals surface area contributed by atoms with Crippen molar-refractivity contribution in [1.29, 1.82) is 0 Å². The second-order valence-corrected chi connectivity index (χ2v) is 4.83. The summed E-state index contributed by atoms with van der Waals surface area (Å²) in [6.45, 7) is 0.441. The average molecular weight is 266 g/mol. The molecular formula is C14H18O5. The number of benzene rings is 1. The van der Waals surface area contributed by atoms with E-state index < -0.39 is 18.7 Å². The van der Waals surface area contributed by atoms with E-state index in [9.17, 15) is 5.11 Å². The van der Waals surface area contributed by atoms with Crippen molar-refractivity contribution < 1.29 is 24.1 Å². The first-order valence-electron chi connectivity index (χ1n) is 6.46. The van der Waals surface area contributed by atoms with Gasteiger partial charge in [0.05, 0.1) is 12.7 Å². The van der Waals surface area contributed by atoms with Gasteiger partial charge in [-0.15, -0.1) is 0 Å². The van der Waals surface area contributed by atoms with Gasteiger partial charge in [-0.05, 0) is 0 Å². The molecule has 0 saturated carbocycles. The maximum Gasteiger partial charge on any atom is 0.184 e. The van der Waals surface area contributed by atoms with Crippen LogP contribution in [-0.4, -0.2) is 43.4 Å². The molecular weight excluding hydrogens is 248 g/mol. The molecule has 5 atom stereocenters. The molecule has 0 aliphatic carbocycles. The second-order valence-electron chi connectivity index (χ2n) is 4.83. The normalized spacial score (nSPS) is 38.7. The van der Waals surface area contributed by atoms with Crippen LogP contribution in [0.25, 0.3) is 0 Å². The van der Waals surface area contributed by atoms with Crippen LogP contribution in [0.1, 0.15) is 18.3 Å². The molecule has 0 radical (unpaired) electrons. The van der Waals surface area contributed by atoms with Gasteiger partial charge in [-0.1, -0.05) is 30.3 Å². The van der Waals surface area contributed by atoms with Crippen molar-refractivity contribution in [3.8, 4) is 0 Å². The molecule has 1 aromatic carbocycles. The minimum absolute atomic E-state index is 0.166. The van der Waals surface area contributed by atoms with Gasteiger partial charge in [0.25, 0.3) is 0 Å². The van der Waals surface area contributed by atoms with Gasteiger partial charge >= 0.3 is 0 Å². The van der Waals surface area contributed by atoms with Crippen molar-refractivity contribution in [3.63, 3.8) is 0 Å². The van der Waals surface area contributed by atoms with Crippen molar-refractivity contribution in [2.75, 3.05) is 13.7 Å². The van der Waals surface area contributed by atoms with Crippen molar-refractivity contribution in [2.45, 2.75) is 37.3 Å². The molecule has 1 N–H and O–H groups in total. The van der Waals surface area contributed by atoms with Gasteiger partial charge in [0.15, 0.2) is 12.6 Å². The summed E-state index contributed by atoms with van der Waals surface area (Å²) in [5.74, 6) is 0. The second kappa shape index (κ2) is 5.56. The lowest BCUT2D eigenvalue weighted by atomic mass is 10.0. The maximum atomic E-state index is 9.89. The first kappa shape index (κ1) is 13.0. The number of ether oxygens (including phenoxy) is 4. The highest BCUT2D eigenvalue weighted by molar-refractivity contribution is 5.16. The summed E-state index contributed by atoms with van der Waals surface area (Å²) in [4.78, 5) is 0. The summed E-state index contributed by atoms with van der Waals surface area (Å²) < 4.78 is 22.2. The van der Waals surface area contributed by atoms with Crippen LogP contribution in [0.15, 0.2) is 30.3 Å². The minimum Gasteiger partial charge on any atom is -0.388 e. The highest BCUT2D eigenvalue weighted by Gasteiger charge is 2.42. The number of aliphatic hydroxyl groups excluding tert-OH is 1. The zero-order valence-electron chi connectivity index (χ0n) is 10.8. The van der Waals surface area contributed by atoms with Gasteiger partial charge in [-0.25, -0.2) is 0 Å². The lowest BCUT2D eigenvalue weighted by Crippen LogP contribution is -2.53. The fourth-order valence-electron chi connectivity index (χ4n) is 2.52. The van der Waals surface area contributed by atoms with E-state index in [0.717, 1.165) is 5.56 Å². The van der Waals surface area contributed by atoms with E-state index in [-0.39, 0.29) is 12.2 Å². The SMILES string of the molecule is CO[C@H]1O[C@@H]2CO[C@@H](c3ccccc3)O[C@H]2C[C@H]1O. The number of hydrogen-bond acceptors (Lipinski definition) is 5. The van der Waals surface area contributed by atoms with Gasteiger partial charge in [0.1, 0.15) is 12.2 Å². The number of methoxy groups -OCH3 is 1. The van der Waals surface area contributed by atoms with Crippen LogP contribution >= 0.6 is 0 Å². The lowest BCUT2D eigenvalue weighted by molar-refractivity contribution is -0.333. The zero-order chi connectivity index (χ0) is 13.2. The van der Waals surface area contributed by atoms with Crippen LogP contribution in [0, 0.1) is 0 Å². The van der Waals surface area contributed by atoms with Crippen molar-refractivity contribution in [2.24, 2.45) is 0 Å². The Hall–Kier alpha value is -0.980. The Bertz CT molecular complexity index is 410. The maximum absolute atomic E-state index is 9.89. The Morgan fingerprint density at radius 1 is 1.16 bits per heavy atom. The van der Waals surface area contributed by atoms with Crippen LogP contribution in [0.4, 0.5) is 0 Å². The molecule has 5 nitrogen and oxygen atoms in total. The first-order chi connectivity index (χ1) is 9.28. The fraction of sp³-hybridized carbons (Fsp3) is 0.571. The Balaban J connectivity index is 1.68. The third kappa shape index (κ3) is 2.66. The smallest absolute Gasteiger partial charge is 0.184 e. The molecule has 104 valence electrons. The van der Waals surface area contributed by atoms with Crippen LogP contribution < -0.4 is 0 Å². The summed E-state index contributed by atoms with van der Waals surface area (Å²) >= 11 is 0. The van der Waals surface area contributed by atoms with Crippen molar-refractivity contribution >= 4 is 0 Å². The number of rotatable bonds is 2. The molecule has 2 saturated heterocycles. The standard InChI is InChI=1S/C14H18O5/c1-16-14-10(15)7-11-12(19-14)8-17-13(18-11)9-5-3-2-4-6-9/h2-6,10-15H,7-8H2,1H3/t10-,11+,12-,13-,14+/m1/s1. The molecule has 19 heavy (non-hydrogen) atoms. The third-order valence-corrected chi connectivity index (χ3v) is 3.53. The summed E-state index contributed by atoms with van der Waals surface area (Å²) in [7, 11) is 1.52. The lowest BCUT2D eigenvalue weighted by Gasteiger charge is -2.43. The number of hydrogen-bond donors (Lipinski definition) is 1. The first-order valence-corrected chi connectivity index (χ1v) is 6.46. The van der Waals surface area contributed by atoms with Gasteiger partial charge < -0.3 is 24.1 Å². The quantitative estimate of drug-likeness (QED) is 0.872. The Morgan fingerprint density at radius 2 is 1.95 bits per heavy atom. The minimum atomic E-state index is -0.666. The monoisotopic (exact) mass is 266 g/mol. The molecule has 3 rings (SSSR count). The molecule has 0 aromatic heterocycles. The van der Waals surface area contributed by atoms with Crippen LogP contribution in [0.5, 0.6) is 0 Å². The van der Waals surface area contributed by atoms with E-state index in [4.69, 9.17) is 18.9 Å². The van der Waals surface area contributed by atoms with E-state index in [1.165, 1.54) is 7.11 Å². The van der Waals surface area contributed by atoms with E-state index in [1.807, 2.05) is 30.3 Å². The molecule has 5 heteroatoms. The van der Waals surface area contributed by atoms with Gasteiger partial charge in [0, 0.05) is 19.1 Å². The van der Waals surface area contributed by atoms with Crippen LogP contribution in [-0.2, 0) is 18.9 Å². The van der Waals surface area contributed by atoms with E-state index in [2.05, 4.69) is 0 Å². The number of aliphatic hydroxyl groups is 1. The van der Waals surface area contributed by atoms with Crippen molar-refractivity contribution in [3.05, 3.63) is 35.9 Å². The molecule has 0 amide bonds. The summed E-state index contributed by atoms with van der Waals surface area (Å²) in [6, 6.07) is 9.76. The van der Waals surface area contributed by atoms with Gasteiger partial charge in [-0.2, -0.15) is 0 Å². The highest BCUT2D eigenvalue weighted by atomic mass is 16.7. The summed E-state index contributed by atoms with van der Waals surface area (Å²) in [5, 5.41) is 9.89. The largest absolute Gasteiger partial charge is 0.388 e. The predicted molar refractivity (Wildman–Crippen MR) is 66.3 cm³/mol. The molecule has 2 fully saturated rings. The molecule has 1 aromatic rings. The Morgan fingerprint density at radius 3 is 2.68 bits per heavy atom. The predicted octanol–water partition coefficient (Wildman–Crippen LogP) is 1.22. The van der Waals surface area contributed by atoms with Crippen LogP contribution in [0.2, 0.25) is 0 Å². The van der Waals surface area contributed by atoms with Gasteiger partial charge in [-0.3, -0.25) is 0 Å². The Kier molecular flexibility index (Phi) is 3.81. The van der Waals surface area contributed by atoms with Crippen LogP contribution in [0.3, 0.4) is 0 Å². The molecule has 0 spiro atoms. The summed E-state index contributed by atoms with van der Waals surface area (Å²) in [6.07, 6.45) is -1.51. The fourth-order valence-corrected chi connectivity index (χ4v) is 2.52.